The van der Waals surface area contributed by atoms with Crippen LogP contribution in [0.3, 0.4) is 0 Å². The topological polar surface area (TPSA) is 94.3 Å². The fraction of sp³-hybridized carbons (Fsp3) is 0.625. The number of nitrogens with zero attached hydrogens (tertiary/aromatic N) is 2. The van der Waals surface area contributed by atoms with Crippen molar-refractivity contribution >= 4 is 0 Å². The Bertz CT molecular complexity index is 596. The first-order valence-electron chi connectivity index (χ1n) is 7.83. The van der Waals surface area contributed by atoms with Gasteiger partial charge in [-0.2, -0.15) is 0 Å². The fourth-order valence-electron chi connectivity index (χ4n) is 3.29. The van der Waals surface area contributed by atoms with Gasteiger partial charge in [0, 0.05) is 11.3 Å². The van der Waals surface area contributed by atoms with Crippen LogP contribution in [0.1, 0.15) is 37.8 Å². The number of methoxy groups -OCH3 is 2. The Balaban J connectivity index is 2.53. The first kappa shape index (κ1) is 18.4. The Morgan fingerprint density at radius 1 is 1.33 bits per heavy atom. The van der Waals surface area contributed by atoms with E-state index in [-0.39, 0.29) is 17.8 Å². The van der Waals surface area contributed by atoms with Crippen molar-refractivity contribution < 1.29 is 24.3 Å². The third-order valence-electron chi connectivity index (χ3n) is 4.65. The van der Waals surface area contributed by atoms with Gasteiger partial charge in [-0.1, -0.05) is 13.0 Å². The van der Waals surface area contributed by atoms with Crippen molar-refractivity contribution in [2.24, 2.45) is 0 Å². The van der Waals surface area contributed by atoms with Crippen molar-refractivity contribution in [3.63, 3.8) is 0 Å². The van der Waals surface area contributed by atoms with Gasteiger partial charge in [0.15, 0.2) is 11.5 Å². The van der Waals surface area contributed by atoms with Crippen molar-refractivity contribution in [3.05, 3.63) is 33.9 Å². The molecular formula is C16H24N2O6. The fourth-order valence-corrected chi connectivity index (χ4v) is 3.29. The van der Waals surface area contributed by atoms with E-state index in [9.17, 15) is 15.2 Å². The maximum absolute atomic E-state index is 11.6. The number of piperidine rings is 1. The van der Waals surface area contributed by atoms with Gasteiger partial charge >= 0.3 is 0 Å². The molecule has 24 heavy (non-hydrogen) atoms. The Kier molecular flexibility index (Phi) is 5.63. The molecule has 3 atom stereocenters. The molecule has 1 heterocycles. The molecule has 0 aromatic heterocycles. The number of rotatable bonds is 6. The monoisotopic (exact) mass is 340 g/mol. The highest BCUT2D eigenvalue weighted by atomic mass is 16.7. The van der Waals surface area contributed by atoms with Gasteiger partial charge in [-0.05, 0) is 30.5 Å². The van der Waals surface area contributed by atoms with Gasteiger partial charge in [0.25, 0.3) is 0 Å². The Morgan fingerprint density at radius 3 is 2.50 bits per heavy atom. The molecule has 0 bridgehead atoms. The molecule has 1 fully saturated rings. The number of aliphatic hydroxyl groups is 1. The number of hydrogen-bond donors (Lipinski definition) is 1. The molecule has 0 aliphatic carbocycles. The summed E-state index contributed by atoms with van der Waals surface area (Å²) in [6, 6.07) is 3.49. The van der Waals surface area contributed by atoms with Crippen LogP contribution in [0.25, 0.3) is 0 Å². The van der Waals surface area contributed by atoms with Crippen molar-refractivity contribution in [1.82, 2.24) is 5.06 Å². The van der Waals surface area contributed by atoms with Gasteiger partial charge in [-0.3, -0.25) is 15.0 Å². The normalized spacial score (nSPS) is 27.7. The van der Waals surface area contributed by atoms with E-state index in [0.29, 0.717) is 23.5 Å². The summed E-state index contributed by atoms with van der Waals surface area (Å²) < 4.78 is 10.5. The minimum atomic E-state index is -1.25. The van der Waals surface area contributed by atoms with Crippen molar-refractivity contribution in [3.8, 4) is 11.5 Å². The first-order valence-corrected chi connectivity index (χ1v) is 7.83. The summed E-state index contributed by atoms with van der Waals surface area (Å²) >= 11 is 0. The summed E-state index contributed by atoms with van der Waals surface area (Å²) in [5, 5.41) is 23.7. The minimum absolute atomic E-state index is 0.260. The van der Waals surface area contributed by atoms with Gasteiger partial charge in [0.05, 0.1) is 21.3 Å². The standard InChI is InChI=1S/C16H24N2O6/c1-5-16(19)9-8-12(18(20)21)15(17(16)24-4)11-6-7-13(22-2)14(10-11)23-3/h6-7,10,12,15,19H,5,8-9H2,1-4H3/t12-,15+,16+/m0/s1. The Hall–Kier alpha value is -1.90. The van der Waals surface area contributed by atoms with E-state index in [2.05, 4.69) is 0 Å². The molecule has 0 unspecified atom stereocenters. The van der Waals surface area contributed by atoms with Crippen LogP contribution in [0.15, 0.2) is 18.2 Å². The molecule has 8 nitrogen and oxygen atoms in total. The molecule has 1 saturated heterocycles. The quantitative estimate of drug-likeness (QED) is 0.626. The summed E-state index contributed by atoms with van der Waals surface area (Å²) in [5.74, 6) is 1.00. The van der Waals surface area contributed by atoms with Gasteiger partial charge in [0.2, 0.25) is 6.04 Å². The predicted molar refractivity (Wildman–Crippen MR) is 86.4 cm³/mol. The molecule has 1 aliphatic heterocycles. The van der Waals surface area contributed by atoms with Crippen LogP contribution < -0.4 is 9.47 Å². The zero-order chi connectivity index (χ0) is 17.9. The number of hydrogen-bond acceptors (Lipinski definition) is 7. The SMILES string of the molecule is CC[C@@]1(O)CC[C@H]([N+](=O)[O-])[C@@H](c2ccc(OC)c(OC)c2)N1OC. The Labute approximate surface area is 141 Å². The molecule has 0 amide bonds. The molecule has 1 aliphatic rings. The number of hydroxylamine groups is 2. The smallest absolute Gasteiger partial charge is 0.235 e. The average Bonchev–Trinajstić information content (AvgIpc) is 2.60. The Morgan fingerprint density at radius 2 is 2.00 bits per heavy atom. The molecule has 2 rings (SSSR count). The summed E-state index contributed by atoms with van der Waals surface area (Å²) in [4.78, 5) is 16.6. The van der Waals surface area contributed by atoms with Crippen LogP contribution in [-0.4, -0.2) is 48.2 Å². The molecule has 134 valence electrons. The van der Waals surface area contributed by atoms with Crippen LogP contribution in [0, 0.1) is 10.1 Å². The van der Waals surface area contributed by atoms with E-state index in [1.165, 1.54) is 26.4 Å². The highest BCUT2D eigenvalue weighted by molar-refractivity contribution is 5.44. The minimum Gasteiger partial charge on any atom is -0.493 e. The van der Waals surface area contributed by atoms with E-state index >= 15 is 0 Å². The predicted octanol–water partition coefficient (Wildman–Crippen LogP) is 2.15. The molecule has 0 saturated carbocycles. The molecule has 0 radical (unpaired) electrons. The van der Waals surface area contributed by atoms with Gasteiger partial charge < -0.3 is 14.6 Å². The zero-order valence-corrected chi connectivity index (χ0v) is 14.4. The lowest BCUT2D eigenvalue weighted by Gasteiger charge is -2.46. The van der Waals surface area contributed by atoms with E-state index < -0.39 is 17.8 Å². The average molecular weight is 340 g/mol. The van der Waals surface area contributed by atoms with Gasteiger partial charge in [-0.25, -0.2) is 0 Å². The van der Waals surface area contributed by atoms with Crippen LogP contribution in [0.4, 0.5) is 0 Å². The van der Waals surface area contributed by atoms with Crippen molar-refractivity contribution in [2.45, 2.75) is 44.0 Å². The maximum Gasteiger partial charge on any atom is 0.235 e. The molecule has 1 aromatic rings. The first-order chi connectivity index (χ1) is 11.4. The summed E-state index contributed by atoms with van der Waals surface area (Å²) in [7, 11) is 4.44. The summed E-state index contributed by atoms with van der Waals surface area (Å²) in [6.45, 7) is 1.82. The number of nitro groups is 1. The highest BCUT2D eigenvalue weighted by Crippen LogP contribution is 2.43. The van der Waals surface area contributed by atoms with Gasteiger partial charge in [-0.15, -0.1) is 5.06 Å². The highest BCUT2D eigenvalue weighted by Gasteiger charge is 2.51. The summed E-state index contributed by atoms with van der Waals surface area (Å²) in [6.07, 6.45) is 0.929. The van der Waals surface area contributed by atoms with Crippen LogP contribution in [0.2, 0.25) is 0 Å². The molecule has 8 heteroatoms. The van der Waals surface area contributed by atoms with E-state index in [0.717, 1.165) is 0 Å². The lowest BCUT2D eigenvalue weighted by molar-refractivity contribution is -0.551. The molecule has 1 aromatic carbocycles. The van der Waals surface area contributed by atoms with Gasteiger partial charge in [0.1, 0.15) is 11.8 Å². The lowest BCUT2D eigenvalue weighted by atomic mass is 9.85. The molecular weight excluding hydrogens is 316 g/mol. The summed E-state index contributed by atoms with van der Waals surface area (Å²) in [5.41, 5.74) is -0.623. The van der Waals surface area contributed by atoms with E-state index in [4.69, 9.17) is 14.3 Å². The van der Waals surface area contributed by atoms with Crippen LogP contribution >= 0.6 is 0 Å². The second-order valence-corrected chi connectivity index (χ2v) is 5.80. The van der Waals surface area contributed by atoms with E-state index in [1.807, 2.05) is 6.92 Å². The van der Waals surface area contributed by atoms with Crippen LogP contribution in [0.5, 0.6) is 11.5 Å². The number of benzene rings is 1. The second-order valence-electron chi connectivity index (χ2n) is 5.80. The zero-order valence-electron chi connectivity index (χ0n) is 14.4. The van der Waals surface area contributed by atoms with Crippen molar-refractivity contribution in [2.75, 3.05) is 21.3 Å². The third-order valence-corrected chi connectivity index (χ3v) is 4.65. The molecule has 0 spiro atoms. The lowest BCUT2D eigenvalue weighted by Crippen LogP contribution is -2.57. The van der Waals surface area contributed by atoms with Crippen LogP contribution in [-0.2, 0) is 4.84 Å². The van der Waals surface area contributed by atoms with Crippen molar-refractivity contribution in [1.29, 1.82) is 0 Å². The molecule has 1 N–H and O–H groups in total. The van der Waals surface area contributed by atoms with E-state index in [1.54, 1.807) is 18.2 Å². The third kappa shape index (κ3) is 3.17. The second kappa shape index (κ2) is 7.33. The number of ether oxygens (including phenoxy) is 2. The largest absolute Gasteiger partial charge is 0.493 e. The maximum atomic E-state index is 11.6.